The number of benzene rings is 4. The fourth-order valence-corrected chi connectivity index (χ4v) is 11.6. The van der Waals surface area contributed by atoms with E-state index in [0.29, 0.717) is 16.7 Å². The standard InChI is InChI=1S/C74H93N7O24/c82-40-50(85)36-54(89)55(90)37-79-33-24-51(86)67(103-43-46-16-5-1-6-17-46)60(79)71(100)75-30-13-27-74(78-70(99)49-22-11-4-12-23-49,28-14-31-76-72(101)61-68(104-44-47-18-7-2-8-19-47)52(87)25-34-80(61)38-56(91)63(95)65(97)58(93)41-83)29-15-32-77-73(102)62-69(105-45-48-20-9-3-10-21-48)53(88)26-35-81(62)39-57(92)64(96)66(98)59(94)42-84/h1-12,16-26,33-35,50,54-59,63-66,82-85,89-98H,13-15,27-32,36-45H2,(H,75,100)(H,76,101)(H,77,102)(H,78,99)/t50-,54-,55-,56-,57-,58+,59+,63+,64+,65+,66+/m0/s1. The predicted molar refractivity (Wildman–Crippen MR) is 378 cm³/mol. The second-order valence-electron chi connectivity index (χ2n) is 25.3. The molecule has 105 heavy (non-hydrogen) atoms. The summed E-state index contributed by atoms with van der Waals surface area (Å²) in [5.74, 6) is -4.76. The minimum atomic E-state index is -2.08. The third-order valence-electron chi connectivity index (χ3n) is 17.5. The third-order valence-corrected chi connectivity index (χ3v) is 17.5. The predicted octanol–water partition coefficient (Wildman–Crippen LogP) is -1.66. The van der Waals surface area contributed by atoms with Crippen LogP contribution in [-0.2, 0) is 39.5 Å². The van der Waals surface area contributed by atoms with Crippen LogP contribution in [0, 0.1) is 0 Å². The van der Waals surface area contributed by atoms with Crippen molar-refractivity contribution < 1.29 is 105 Å². The van der Waals surface area contributed by atoms with Crippen molar-refractivity contribution in [3.63, 3.8) is 0 Å². The van der Waals surface area contributed by atoms with Crippen LogP contribution in [0.25, 0.3) is 0 Å². The van der Waals surface area contributed by atoms with Crippen molar-refractivity contribution in [3.05, 3.63) is 228 Å². The maximum absolute atomic E-state index is 14.7. The minimum Gasteiger partial charge on any atom is -0.483 e. The van der Waals surface area contributed by atoms with Gasteiger partial charge in [0, 0.05) is 73.9 Å². The topological polar surface area (TPSA) is 493 Å². The number of ether oxygens (including phenoxy) is 3. The highest BCUT2D eigenvalue weighted by molar-refractivity contribution is 5.97. The first-order valence-corrected chi connectivity index (χ1v) is 34.1. The van der Waals surface area contributed by atoms with Gasteiger partial charge in [0.1, 0.15) is 68.7 Å². The molecule has 11 atom stereocenters. The summed E-state index contributed by atoms with van der Waals surface area (Å²) in [6.07, 6.45) is -17.6. The quantitative estimate of drug-likeness (QED) is 0.0190. The Morgan fingerprint density at radius 1 is 0.371 bits per heavy atom. The highest BCUT2D eigenvalue weighted by Crippen LogP contribution is 2.28. The van der Waals surface area contributed by atoms with Crippen LogP contribution >= 0.6 is 0 Å². The first-order valence-electron chi connectivity index (χ1n) is 34.1. The van der Waals surface area contributed by atoms with Gasteiger partial charge in [-0.05, 0) is 67.3 Å². The van der Waals surface area contributed by atoms with Gasteiger partial charge in [0.15, 0.2) is 34.3 Å². The Bertz CT molecular complexity index is 3900. The third kappa shape index (κ3) is 24.0. The average Bonchev–Trinajstić information content (AvgIpc) is 0.812. The molecule has 7 aromatic rings. The first-order chi connectivity index (χ1) is 50.4. The number of carbonyl (C=O) groups excluding carboxylic acids is 4. The molecule has 0 spiro atoms. The van der Waals surface area contributed by atoms with Crippen molar-refractivity contribution >= 4 is 23.6 Å². The van der Waals surface area contributed by atoms with Crippen LogP contribution in [0.3, 0.4) is 0 Å². The minimum absolute atomic E-state index is 0.00189. The van der Waals surface area contributed by atoms with Gasteiger partial charge in [-0.3, -0.25) is 33.6 Å². The van der Waals surface area contributed by atoms with E-state index in [4.69, 9.17) is 14.2 Å². The van der Waals surface area contributed by atoms with Gasteiger partial charge in [0.2, 0.25) is 16.3 Å². The monoisotopic (exact) mass is 1460 g/mol. The van der Waals surface area contributed by atoms with E-state index in [0.717, 1.165) is 39.7 Å². The molecule has 18 N–H and O–H groups in total. The van der Waals surface area contributed by atoms with E-state index < -0.39 is 187 Å². The number of rotatable bonds is 44. The molecule has 7 rings (SSSR count). The van der Waals surface area contributed by atoms with E-state index in [1.807, 2.05) is 0 Å². The Kier molecular flexibility index (Phi) is 32.5. The van der Waals surface area contributed by atoms with Gasteiger partial charge in [0.25, 0.3) is 23.6 Å². The zero-order chi connectivity index (χ0) is 76.2. The van der Waals surface area contributed by atoms with E-state index >= 15 is 0 Å². The van der Waals surface area contributed by atoms with E-state index in [9.17, 15) is 105 Å². The van der Waals surface area contributed by atoms with Gasteiger partial charge in [-0.1, -0.05) is 109 Å². The first kappa shape index (κ1) is 82.7. The van der Waals surface area contributed by atoms with E-state index in [1.165, 1.54) is 10.8 Å². The zero-order valence-corrected chi connectivity index (χ0v) is 57.5. The number of hydrogen-bond acceptors (Lipinski definition) is 24. The van der Waals surface area contributed by atoms with E-state index in [1.54, 1.807) is 121 Å². The number of amides is 4. The van der Waals surface area contributed by atoms with Gasteiger partial charge in [-0.25, -0.2) is 0 Å². The lowest BCUT2D eigenvalue weighted by atomic mass is 9.83. The maximum atomic E-state index is 14.7. The average molecular weight is 1460 g/mol. The number of aromatic nitrogens is 3. The fraction of sp³-hybridized carbons (Fsp3) is 0.419. The summed E-state index contributed by atoms with van der Waals surface area (Å²) in [7, 11) is 0. The molecule has 31 nitrogen and oxygen atoms in total. The largest absolute Gasteiger partial charge is 0.483 e. The number of pyridine rings is 3. The van der Waals surface area contributed by atoms with Crippen LogP contribution in [0.4, 0.5) is 0 Å². The number of aliphatic hydroxyl groups is 14. The van der Waals surface area contributed by atoms with Crippen LogP contribution in [0.15, 0.2) is 173 Å². The number of carbonyl (C=O) groups is 4. The number of aliphatic hydroxyl groups excluding tert-OH is 14. The van der Waals surface area contributed by atoms with Crippen LogP contribution in [0.2, 0.25) is 0 Å². The lowest BCUT2D eigenvalue weighted by Gasteiger charge is -2.36. The Hall–Kier alpha value is -9.55. The van der Waals surface area contributed by atoms with Gasteiger partial charge in [-0.15, -0.1) is 0 Å². The van der Waals surface area contributed by atoms with Crippen LogP contribution < -0.4 is 51.8 Å². The van der Waals surface area contributed by atoms with Gasteiger partial charge in [0.05, 0.1) is 57.8 Å². The molecule has 0 saturated heterocycles. The fourth-order valence-electron chi connectivity index (χ4n) is 11.6. The molecule has 4 aromatic carbocycles. The normalized spacial score (nSPS) is 14.8. The van der Waals surface area contributed by atoms with Crippen molar-refractivity contribution in [2.24, 2.45) is 0 Å². The second kappa shape index (κ2) is 41.2. The molecule has 0 bridgehead atoms. The molecule has 0 unspecified atom stereocenters. The van der Waals surface area contributed by atoms with Crippen LogP contribution in [-0.4, -0.2) is 221 Å². The van der Waals surface area contributed by atoms with Gasteiger partial charge in [-0.2, -0.15) is 0 Å². The van der Waals surface area contributed by atoms with Crippen molar-refractivity contribution in [2.75, 3.05) is 39.5 Å². The smallest absolute Gasteiger partial charge is 0.271 e. The molecule has 3 aromatic heterocycles. The molecule has 568 valence electrons. The molecular weight excluding hydrogens is 1370 g/mol. The molecule has 0 aliphatic carbocycles. The molecular formula is C74H93N7O24. The lowest BCUT2D eigenvalue weighted by molar-refractivity contribution is -0.117. The van der Waals surface area contributed by atoms with Crippen molar-refractivity contribution in [2.45, 2.75) is 157 Å². The Balaban J connectivity index is 1.23. The summed E-state index contributed by atoms with van der Waals surface area (Å²) < 4.78 is 21.4. The number of hydrogen-bond donors (Lipinski definition) is 18. The highest BCUT2D eigenvalue weighted by atomic mass is 16.5. The van der Waals surface area contributed by atoms with E-state index in [-0.39, 0.29) is 89.2 Å². The zero-order valence-electron chi connectivity index (χ0n) is 57.5. The summed E-state index contributed by atoms with van der Waals surface area (Å²) in [6, 6.07) is 37.0. The Labute approximate surface area is 603 Å². The Morgan fingerprint density at radius 3 is 0.990 bits per heavy atom. The van der Waals surface area contributed by atoms with E-state index in [2.05, 4.69) is 21.3 Å². The van der Waals surface area contributed by atoms with Gasteiger partial charge >= 0.3 is 0 Å². The number of nitrogens with zero attached hydrogens (tertiary/aromatic N) is 3. The Morgan fingerprint density at radius 2 is 0.676 bits per heavy atom. The summed E-state index contributed by atoms with van der Waals surface area (Å²) in [5.41, 5.74) is -2.90. The highest BCUT2D eigenvalue weighted by Gasteiger charge is 2.36. The molecule has 4 amide bonds. The SMILES string of the molecule is O=C(NC(CCCNC(=O)c1c(OCc2ccccc2)c(=O)ccn1C[C@H](O)[C@@H](O)[C@H](O)[C@H](O)CO)(CCCNC(=O)c1c(OCc2ccccc2)c(=O)ccn1C[C@H](O)[C@@H](O)[C@H](O)[C@H](O)CO)CCCNC(=O)c1c(OCc2ccccc2)c(=O)ccn1C[C@H](O)[C@@H](O)C[C@H](O)CO)c1ccccc1. The van der Waals surface area contributed by atoms with Crippen LogP contribution in [0.1, 0.15) is 103 Å². The number of nitrogens with one attached hydrogen (secondary N) is 4. The summed E-state index contributed by atoms with van der Waals surface area (Å²) in [6.45, 7) is -5.84. The summed E-state index contributed by atoms with van der Waals surface area (Å²) in [4.78, 5) is 99.8. The lowest BCUT2D eigenvalue weighted by Crippen LogP contribution is -2.50. The van der Waals surface area contributed by atoms with Crippen molar-refractivity contribution in [1.82, 2.24) is 35.0 Å². The maximum Gasteiger partial charge on any atom is 0.271 e. The van der Waals surface area contributed by atoms with Crippen molar-refractivity contribution in [3.8, 4) is 17.2 Å². The van der Waals surface area contributed by atoms with Crippen molar-refractivity contribution in [1.29, 1.82) is 0 Å². The molecule has 0 aliphatic rings. The molecule has 0 saturated carbocycles. The summed E-state index contributed by atoms with van der Waals surface area (Å²) in [5, 5.41) is 157. The molecule has 3 heterocycles. The molecule has 31 heteroatoms. The second-order valence-corrected chi connectivity index (χ2v) is 25.3. The molecule has 0 fully saturated rings. The molecule has 0 aliphatic heterocycles. The van der Waals surface area contributed by atoms with Gasteiger partial charge < -0.3 is 121 Å². The van der Waals surface area contributed by atoms with Crippen LogP contribution in [0.5, 0.6) is 17.2 Å². The summed E-state index contributed by atoms with van der Waals surface area (Å²) >= 11 is 0. The molecule has 0 radical (unpaired) electrons.